The number of phenols is 1. The molecule has 0 aliphatic heterocycles. The summed E-state index contributed by atoms with van der Waals surface area (Å²) in [7, 11) is 0. The highest BCUT2D eigenvalue weighted by molar-refractivity contribution is 5.78. The first kappa shape index (κ1) is 13.2. The van der Waals surface area contributed by atoms with Gasteiger partial charge in [0.25, 0.3) is 0 Å². The molecule has 2 heterocycles. The average molecular weight is 294 g/mol. The second-order valence-electron chi connectivity index (χ2n) is 4.40. The predicted octanol–water partition coefficient (Wildman–Crippen LogP) is 2.70. The Kier molecular flexibility index (Phi) is 2.75. The normalized spacial score (nSPS) is 12.0. The van der Waals surface area contributed by atoms with Gasteiger partial charge >= 0.3 is 6.18 Å². The smallest absolute Gasteiger partial charge is 0.435 e. The summed E-state index contributed by atoms with van der Waals surface area (Å²) in [6.45, 7) is 0. The molecule has 0 saturated heterocycles. The minimum Gasteiger partial charge on any atom is -0.508 e. The molecule has 21 heavy (non-hydrogen) atoms. The minimum absolute atomic E-state index is 0.0437. The topological polar surface area (TPSA) is 76.4 Å². The zero-order valence-corrected chi connectivity index (χ0v) is 10.5. The Balaban J connectivity index is 2.27. The molecule has 0 spiro atoms. The van der Waals surface area contributed by atoms with Gasteiger partial charge in [0.15, 0.2) is 11.3 Å². The van der Waals surface area contributed by atoms with Crippen molar-refractivity contribution in [3.05, 3.63) is 42.4 Å². The quantitative estimate of drug-likeness (QED) is 0.723. The molecule has 8 heteroatoms. The first-order chi connectivity index (χ1) is 9.88. The predicted molar refractivity (Wildman–Crippen MR) is 69.5 cm³/mol. The van der Waals surface area contributed by atoms with Crippen LogP contribution in [0.2, 0.25) is 0 Å². The molecular weight excluding hydrogens is 285 g/mol. The van der Waals surface area contributed by atoms with Crippen molar-refractivity contribution in [2.45, 2.75) is 6.18 Å². The summed E-state index contributed by atoms with van der Waals surface area (Å²) in [5, 5.41) is 13.0. The Hall–Kier alpha value is -2.77. The fourth-order valence-corrected chi connectivity index (χ4v) is 2.07. The van der Waals surface area contributed by atoms with Gasteiger partial charge in [0, 0.05) is 5.56 Å². The van der Waals surface area contributed by atoms with E-state index in [0.717, 1.165) is 6.20 Å². The van der Waals surface area contributed by atoms with Crippen LogP contribution in [0.5, 0.6) is 5.75 Å². The first-order valence-electron chi connectivity index (χ1n) is 5.87. The number of nitrogens with two attached hydrogens (primary N) is 1. The van der Waals surface area contributed by atoms with Gasteiger partial charge in [-0.25, -0.2) is 9.50 Å². The number of phenolic OH excluding ortho intramolecular Hbond substituents is 1. The molecule has 0 unspecified atom stereocenters. The summed E-state index contributed by atoms with van der Waals surface area (Å²) in [6.07, 6.45) is -2.39. The van der Waals surface area contributed by atoms with Crippen molar-refractivity contribution in [1.29, 1.82) is 0 Å². The van der Waals surface area contributed by atoms with E-state index in [-0.39, 0.29) is 11.4 Å². The standard InChI is InChI=1S/C13H9F3N4O/c14-13(15,16)11-10(17)6-18-12-9(5-19-20(11)12)7-1-3-8(21)4-2-7/h1-6,21H,17H2. The Morgan fingerprint density at radius 2 is 1.76 bits per heavy atom. The maximum absolute atomic E-state index is 13.0. The lowest BCUT2D eigenvalue weighted by Gasteiger charge is -2.11. The van der Waals surface area contributed by atoms with Crippen molar-refractivity contribution < 1.29 is 18.3 Å². The number of halogens is 3. The molecular formula is C13H9F3N4O. The van der Waals surface area contributed by atoms with Gasteiger partial charge < -0.3 is 10.8 Å². The molecule has 0 atom stereocenters. The van der Waals surface area contributed by atoms with Crippen LogP contribution in [0.1, 0.15) is 5.69 Å². The summed E-state index contributed by atoms with van der Waals surface area (Å²) in [4.78, 5) is 3.93. The number of aromatic hydroxyl groups is 1. The van der Waals surface area contributed by atoms with Gasteiger partial charge in [-0.2, -0.15) is 18.3 Å². The third-order valence-electron chi connectivity index (χ3n) is 3.00. The van der Waals surface area contributed by atoms with Gasteiger partial charge in [-0.3, -0.25) is 0 Å². The van der Waals surface area contributed by atoms with Crippen LogP contribution in [0.15, 0.2) is 36.7 Å². The third-order valence-corrected chi connectivity index (χ3v) is 3.00. The molecule has 0 aliphatic rings. The van der Waals surface area contributed by atoms with Gasteiger partial charge in [0.2, 0.25) is 0 Å². The van der Waals surface area contributed by atoms with E-state index in [0.29, 0.717) is 15.6 Å². The van der Waals surface area contributed by atoms with Crippen LogP contribution >= 0.6 is 0 Å². The lowest BCUT2D eigenvalue weighted by molar-refractivity contribution is -0.141. The monoisotopic (exact) mass is 294 g/mol. The van der Waals surface area contributed by atoms with Crippen LogP contribution in [0.3, 0.4) is 0 Å². The molecule has 2 aromatic heterocycles. The molecule has 108 valence electrons. The summed E-state index contributed by atoms with van der Waals surface area (Å²) >= 11 is 0. The van der Waals surface area contributed by atoms with Crippen molar-refractivity contribution in [2.75, 3.05) is 5.73 Å². The third kappa shape index (κ3) is 2.14. The number of anilines is 1. The fraction of sp³-hybridized carbons (Fsp3) is 0.0769. The molecule has 1 aromatic carbocycles. The summed E-state index contributed by atoms with van der Waals surface area (Å²) in [5.74, 6) is 0.0587. The van der Waals surface area contributed by atoms with Crippen molar-refractivity contribution in [1.82, 2.24) is 14.6 Å². The largest absolute Gasteiger partial charge is 0.508 e. The minimum atomic E-state index is -4.64. The van der Waals surface area contributed by atoms with E-state index >= 15 is 0 Å². The van der Waals surface area contributed by atoms with Crippen LogP contribution in [0, 0.1) is 0 Å². The molecule has 0 radical (unpaired) electrons. The highest BCUT2D eigenvalue weighted by Gasteiger charge is 2.37. The maximum atomic E-state index is 13.0. The molecule has 3 N–H and O–H groups in total. The highest BCUT2D eigenvalue weighted by Crippen LogP contribution is 2.35. The van der Waals surface area contributed by atoms with Crippen LogP contribution in [0.25, 0.3) is 16.8 Å². The summed E-state index contributed by atoms with van der Waals surface area (Å²) in [6, 6.07) is 6.00. The van der Waals surface area contributed by atoms with Crippen LogP contribution < -0.4 is 5.73 Å². The van der Waals surface area contributed by atoms with E-state index < -0.39 is 17.6 Å². The Morgan fingerprint density at radius 1 is 1.10 bits per heavy atom. The zero-order valence-electron chi connectivity index (χ0n) is 10.5. The Bertz CT molecular complexity index is 809. The van der Waals surface area contributed by atoms with E-state index in [1.807, 2.05) is 0 Å². The van der Waals surface area contributed by atoms with Crippen molar-refractivity contribution >= 4 is 11.3 Å². The second-order valence-corrected chi connectivity index (χ2v) is 4.40. The lowest BCUT2D eigenvalue weighted by atomic mass is 10.1. The van der Waals surface area contributed by atoms with Gasteiger partial charge in [-0.05, 0) is 17.7 Å². The van der Waals surface area contributed by atoms with Crippen molar-refractivity contribution in [2.24, 2.45) is 0 Å². The zero-order chi connectivity index (χ0) is 15.2. The molecule has 0 bridgehead atoms. The first-order valence-corrected chi connectivity index (χ1v) is 5.87. The van der Waals surface area contributed by atoms with E-state index in [9.17, 15) is 18.3 Å². The number of rotatable bonds is 1. The van der Waals surface area contributed by atoms with Gasteiger partial charge in [-0.15, -0.1) is 0 Å². The number of benzene rings is 1. The van der Waals surface area contributed by atoms with E-state index in [1.54, 1.807) is 12.1 Å². The van der Waals surface area contributed by atoms with Gasteiger partial charge in [-0.1, -0.05) is 12.1 Å². The molecule has 0 amide bonds. The number of fused-ring (bicyclic) bond motifs is 1. The maximum Gasteiger partial charge on any atom is 0.435 e. The number of nitrogen functional groups attached to an aromatic ring is 1. The number of alkyl halides is 3. The lowest BCUT2D eigenvalue weighted by Crippen LogP contribution is -2.16. The Labute approximate surface area is 116 Å². The Morgan fingerprint density at radius 3 is 2.38 bits per heavy atom. The van der Waals surface area contributed by atoms with Crippen LogP contribution in [-0.2, 0) is 6.18 Å². The van der Waals surface area contributed by atoms with Crippen molar-refractivity contribution in [3.63, 3.8) is 0 Å². The molecule has 0 fully saturated rings. The van der Waals surface area contributed by atoms with Crippen LogP contribution in [0.4, 0.5) is 18.9 Å². The molecule has 3 aromatic rings. The number of hydrogen-bond donors (Lipinski definition) is 2. The van der Waals surface area contributed by atoms with E-state index in [1.165, 1.54) is 18.3 Å². The number of hydrogen-bond acceptors (Lipinski definition) is 4. The van der Waals surface area contributed by atoms with Crippen molar-refractivity contribution in [3.8, 4) is 16.9 Å². The van der Waals surface area contributed by atoms with Crippen LogP contribution in [-0.4, -0.2) is 19.7 Å². The number of nitrogens with zero attached hydrogens (tertiary/aromatic N) is 3. The molecule has 5 nitrogen and oxygen atoms in total. The van der Waals surface area contributed by atoms with E-state index in [2.05, 4.69) is 10.1 Å². The number of aromatic nitrogens is 3. The van der Waals surface area contributed by atoms with Gasteiger partial charge in [0.1, 0.15) is 5.75 Å². The second kappa shape index (κ2) is 4.37. The molecule has 0 saturated carbocycles. The molecule has 3 rings (SSSR count). The summed E-state index contributed by atoms with van der Waals surface area (Å²) in [5.41, 5.74) is 4.87. The van der Waals surface area contributed by atoms with Gasteiger partial charge in [0.05, 0.1) is 18.1 Å². The SMILES string of the molecule is Nc1cnc2c(-c3ccc(O)cc3)cnn2c1C(F)(F)F. The van der Waals surface area contributed by atoms with E-state index in [4.69, 9.17) is 5.73 Å². The fourth-order valence-electron chi connectivity index (χ4n) is 2.07. The summed E-state index contributed by atoms with van der Waals surface area (Å²) < 4.78 is 39.8. The molecule has 0 aliphatic carbocycles. The highest BCUT2D eigenvalue weighted by atomic mass is 19.4. The average Bonchev–Trinajstić information content (AvgIpc) is 2.81.